The van der Waals surface area contributed by atoms with Crippen LogP contribution in [0.5, 0.6) is 0 Å². The van der Waals surface area contributed by atoms with E-state index < -0.39 is 0 Å². The molecule has 2 nitrogen and oxygen atoms in total. The smallest absolute Gasteiger partial charge is 0.0312 e. The maximum Gasteiger partial charge on any atom is 0.0312 e. The molecule has 0 aliphatic rings. The van der Waals surface area contributed by atoms with E-state index in [0.717, 1.165) is 13.1 Å². The first-order valence-electron chi connectivity index (χ1n) is 4.03. The Kier molecular flexibility index (Phi) is 3.62. The van der Waals surface area contributed by atoms with Crippen molar-refractivity contribution in [2.75, 3.05) is 6.54 Å². The molecule has 1 N–H and O–H groups in total. The minimum absolute atomic E-state index is 0. The van der Waals surface area contributed by atoms with Gasteiger partial charge in [-0.25, -0.2) is 0 Å². The van der Waals surface area contributed by atoms with Gasteiger partial charge in [-0.15, -0.1) is 0 Å². The van der Waals surface area contributed by atoms with Crippen molar-refractivity contribution in [3.63, 3.8) is 0 Å². The summed E-state index contributed by atoms with van der Waals surface area (Å²) in [5.74, 6) is 0. The fraction of sp³-hybridized carbons (Fsp3) is 0.444. The first-order chi connectivity index (χ1) is 5.43. The lowest BCUT2D eigenvalue weighted by molar-refractivity contribution is 0.674. The van der Waals surface area contributed by atoms with Gasteiger partial charge in [0.1, 0.15) is 0 Å². The van der Waals surface area contributed by atoms with Crippen molar-refractivity contribution in [2.24, 2.45) is 0 Å². The van der Waals surface area contributed by atoms with Gasteiger partial charge in [0, 0.05) is 20.4 Å². The Bertz CT molecular complexity index is 189. The quantitative estimate of drug-likeness (QED) is 0.666. The third-order valence-corrected chi connectivity index (χ3v) is 1.48. The van der Waals surface area contributed by atoms with E-state index in [2.05, 4.69) is 23.3 Å². The van der Waals surface area contributed by atoms with Crippen LogP contribution in [0.2, 0.25) is 0 Å². The summed E-state index contributed by atoms with van der Waals surface area (Å²) in [6.45, 7) is 4.17. The zero-order chi connectivity index (χ0) is 7.94. The van der Waals surface area contributed by atoms with Crippen LogP contribution in [0.15, 0.2) is 24.5 Å². The lowest BCUT2D eigenvalue weighted by Crippen LogP contribution is -2.13. The lowest BCUT2D eigenvalue weighted by atomic mass is 10.3. The minimum atomic E-state index is 0. The fourth-order valence-corrected chi connectivity index (χ4v) is 0.912. The standard InChI is InChI=1S/C9H14N2.H2/c1-2-5-10-7-9-4-3-6-11-8-9;/h3-4,6,8,10H,2,5,7H2,1H3;1H. The summed E-state index contributed by atoms with van der Waals surface area (Å²) in [4.78, 5) is 4.02. The molecule has 0 unspecified atom stereocenters. The molecule has 1 rings (SSSR count). The van der Waals surface area contributed by atoms with Gasteiger partial charge in [0.2, 0.25) is 0 Å². The Morgan fingerprint density at radius 2 is 2.55 bits per heavy atom. The Labute approximate surface area is 69.1 Å². The number of hydrogen-bond acceptors (Lipinski definition) is 2. The van der Waals surface area contributed by atoms with E-state index in [1.54, 1.807) is 6.20 Å². The predicted octanol–water partition coefficient (Wildman–Crippen LogP) is 1.83. The summed E-state index contributed by atoms with van der Waals surface area (Å²) >= 11 is 0. The summed E-state index contributed by atoms with van der Waals surface area (Å²) in [7, 11) is 0. The molecule has 0 bridgehead atoms. The maximum absolute atomic E-state index is 4.02. The predicted molar refractivity (Wildman–Crippen MR) is 48.3 cm³/mol. The van der Waals surface area contributed by atoms with Crippen LogP contribution in [-0.4, -0.2) is 11.5 Å². The summed E-state index contributed by atoms with van der Waals surface area (Å²) in [5.41, 5.74) is 1.25. The Morgan fingerprint density at radius 3 is 3.18 bits per heavy atom. The zero-order valence-electron chi connectivity index (χ0n) is 6.88. The van der Waals surface area contributed by atoms with Gasteiger partial charge in [-0.1, -0.05) is 13.0 Å². The molecule has 0 saturated carbocycles. The second kappa shape index (κ2) is 4.85. The average molecular weight is 152 g/mol. The molecule has 0 fully saturated rings. The third-order valence-electron chi connectivity index (χ3n) is 1.48. The highest BCUT2D eigenvalue weighted by atomic mass is 14.8. The third kappa shape index (κ3) is 3.14. The first kappa shape index (κ1) is 8.21. The van der Waals surface area contributed by atoms with E-state index in [0.29, 0.717) is 0 Å². The van der Waals surface area contributed by atoms with E-state index >= 15 is 0 Å². The molecule has 0 amide bonds. The molecular formula is C9H16N2. The highest BCUT2D eigenvalue weighted by Gasteiger charge is 1.88. The normalized spacial score (nSPS) is 9.91. The Balaban J connectivity index is 0.00000121. The van der Waals surface area contributed by atoms with Crippen LogP contribution in [0.1, 0.15) is 20.3 Å². The molecular weight excluding hydrogens is 136 g/mol. The molecule has 0 radical (unpaired) electrons. The topological polar surface area (TPSA) is 24.9 Å². The number of nitrogens with zero attached hydrogens (tertiary/aromatic N) is 1. The van der Waals surface area contributed by atoms with Crippen LogP contribution < -0.4 is 5.32 Å². The molecule has 0 spiro atoms. The van der Waals surface area contributed by atoms with Crippen molar-refractivity contribution in [2.45, 2.75) is 19.9 Å². The first-order valence-corrected chi connectivity index (χ1v) is 4.03. The van der Waals surface area contributed by atoms with E-state index in [1.165, 1.54) is 12.0 Å². The summed E-state index contributed by atoms with van der Waals surface area (Å²) < 4.78 is 0. The fourth-order valence-electron chi connectivity index (χ4n) is 0.912. The van der Waals surface area contributed by atoms with E-state index in [4.69, 9.17) is 0 Å². The highest BCUT2D eigenvalue weighted by molar-refractivity contribution is 5.07. The number of aromatic nitrogens is 1. The van der Waals surface area contributed by atoms with Crippen LogP contribution in [-0.2, 0) is 6.54 Å². The highest BCUT2D eigenvalue weighted by Crippen LogP contribution is 1.93. The van der Waals surface area contributed by atoms with Crippen molar-refractivity contribution >= 4 is 0 Å². The molecule has 1 aromatic heterocycles. The molecule has 0 atom stereocenters. The van der Waals surface area contributed by atoms with Crippen molar-refractivity contribution in [1.29, 1.82) is 0 Å². The summed E-state index contributed by atoms with van der Waals surface area (Å²) in [6, 6.07) is 4.04. The molecule has 0 aromatic carbocycles. The number of hydrogen-bond donors (Lipinski definition) is 1. The SMILES string of the molecule is CCCNCc1cccnc1.[HH]. The second-order valence-electron chi connectivity index (χ2n) is 2.54. The van der Waals surface area contributed by atoms with Gasteiger partial charge in [0.25, 0.3) is 0 Å². The van der Waals surface area contributed by atoms with Crippen molar-refractivity contribution in [1.82, 2.24) is 10.3 Å². The molecule has 2 heteroatoms. The summed E-state index contributed by atoms with van der Waals surface area (Å²) in [5, 5.41) is 3.31. The monoisotopic (exact) mass is 152 g/mol. The van der Waals surface area contributed by atoms with Crippen LogP contribution in [0, 0.1) is 0 Å². The molecule has 0 aliphatic heterocycles. The van der Waals surface area contributed by atoms with E-state index in [1.807, 2.05) is 12.3 Å². The van der Waals surface area contributed by atoms with Gasteiger partial charge in [0.05, 0.1) is 0 Å². The number of nitrogens with one attached hydrogen (secondary N) is 1. The van der Waals surface area contributed by atoms with Gasteiger partial charge in [0.15, 0.2) is 0 Å². The molecule has 0 aliphatic carbocycles. The maximum atomic E-state index is 4.02. The molecule has 1 aromatic rings. The minimum Gasteiger partial charge on any atom is -0.313 e. The van der Waals surface area contributed by atoms with Crippen LogP contribution >= 0.6 is 0 Å². The van der Waals surface area contributed by atoms with Crippen LogP contribution in [0.4, 0.5) is 0 Å². The molecule has 62 valence electrons. The lowest BCUT2D eigenvalue weighted by Gasteiger charge is -2.00. The Hall–Kier alpha value is -0.890. The van der Waals surface area contributed by atoms with Crippen molar-refractivity contribution in [3.8, 4) is 0 Å². The zero-order valence-corrected chi connectivity index (χ0v) is 6.88. The van der Waals surface area contributed by atoms with Gasteiger partial charge in [-0.3, -0.25) is 4.98 Å². The van der Waals surface area contributed by atoms with Crippen molar-refractivity contribution < 1.29 is 1.43 Å². The van der Waals surface area contributed by atoms with Gasteiger partial charge in [-0.2, -0.15) is 0 Å². The largest absolute Gasteiger partial charge is 0.313 e. The average Bonchev–Trinajstić information content (AvgIpc) is 2.07. The van der Waals surface area contributed by atoms with Gasteiger partial charge in [-0.05, 0) is 24.6 Å². The van der Waals surface area contributed by atoms with E-state index in [9.17, 15) is 0 Å². The second-order valence-corrected chi connectivity index (χ2v) is 2.54. The van der Waals surface area contributed by atoms with Crippen LogP contribution in [0.3, 0.4) is 0 Å². The number of pyridine rings is 1. The summed E-state index contributed by atoms with van der Waals surface area (Å²) in [6.07, 6.45) is 4.87. The van der Waals surface area contributed by atoms with Gasteiger partial charge >= 0.3 is 0 Å². The number of rotatable bonds is 4. The van der Waals surface area contributed by atoms with E-state index in [-0.39, 0.29) is 1.43 Å². The van der Waals surface area contributed by atoms with Crippen molar-refractivity contribution in [3.05, 3.63) is 30.1 Å². The van der Waals surface area contributed by atoms with Gasteiger partial charge < -0.3 is 5.32 Å². The Morgan fingerprint density at radius 1 is 1.64 bits per heavy atom. The molecule has 1 heterocycles. The molecule has 11 heavy (non-hydrogen) atoms. The molecule has 0 saturated heterocycles. The van der Waals surface area contributed by atoms with Crippen LogP contribution in [0.25, 0.3) is 0 Å².